The van der Waals surface area contributed by atoms with E-state index in [2.05, 4.69) is 4.98 Å². The van der Waals surface area contributed by atoms with Crippen molar-refractivity contribution in [1.29, 1.82) is 0 Å². The summed E-state index contributed by atoms with van der Waals surface area (Å²) in [5.41, 5.74) is 6.07. The third-order valence-corrected chi connectivity index (χ3v) is 1.73. The summed E-state index contributed by atoms with van der Waals surface area (Å²) in [5.74, 6) is -1.41. The van der Waals surface area contributed by atoms with Crippen LogP contribution in [0.5, 0.6) is 0 Å². The van der Waals surface area contributed by atoms with Gasteiger partial charge in [-0.2, -0.15) is 0 Å². The van der Waals surface area contributed by atoms with Gasteiger partial charge in [0, 0.05) is 11.6 Å². The Morgan fingerprint density at radius 3 is 3.00 bits per heavy atom. The van der Waals surface area contributed by atoms with Gasteiger partial charge in [-0.3, -0.25) is 4.98 Å². The number of carboxylic acids is 1. The number of rotatable bonds is 1. The zero-order valence-corrected chi connectivity index (χ0v) is 6.52. The normalized spacial score (nSPS) is 10.5. The number of aromatic carboxylic acids is 1. The molecule has 0 aliphatic carbocycles. The molecule has 13 heavy (non-hydrogen) atoms. The number of carboxylic acid groups (broad SMARTS) is 1. The van der Waals surface area contributed by atoms with Crippen molar-refractivity contribution in [1.82, 2.24) is 4.98 Å². The van der Waals surface area contributed by atoms with Crippen molar-refractivity contribution in [2.24, 2.45) is 0 Å². The molecule has 2 heterocycles. The number of nitrogens with zero attached hydrogens (tertiary/aromatic N) is 1. The molecule has 0 amide bonds. The molecular weight excluding hydrogens is 172 g/mol. The van der Waals surface area contributed by atoms with Gasteiger partial charge in [0.1, 0.15) is 0 Å². The van der Waals surface area contributed by atoms with E-state index in [1.807, 2.05) is 0 Å². The van der Waals surface area contributed by atoms with Crippen molar-refractivity contribution in [3.8, 4) is 0 Å². The SMILES string of the molecule is Nc1c(C(=O)O)oc2cnccc12. The van der Waals surface area contributed by atoms with Gasteiger partial charge in [-0.15, -0.1) is 0 Å². The standard InChI is InChI=1S/C8H6N2O3/c9-6-4-1-2-10-3-5(4)13-7(6)8(11)12/h1-3H,9H2,(H,11,12). The number of fused-ring (bicyclic) bond motifs is 1. The Morgan fingerprint density at radius 1 is 1.62 bits per heavy atom. The molecule has 0 fully saturated rings. The van der Waals surface area contributed by atoms with E-state index in [1.54, 1.807) is 6.07 Å². The summed E-state index contributed by atoms with van der Waals surface area (Å²) < 4.78 is 4.97. The molecule has 0 bridgehead atoms. The number of anilines is 1. The third-order valence-electron chi connectivity index (χ3n) is 1.73. The number of carbonyl (C=O) groups is 1. The molecule has 0 aliphatic heterocycles. The van der Waals surface area contributed by atoms with Crippen LogP contribution in [0.4, 0.5) is 5.69 Å². The van der Waals surface area contributed by atoms with Crippen molar-refractivity contribution >= 4 is 22.6 Å². The second kappa shape index (κ2) is 2.48. The quantitative estimate of drug-likeness (QED) is 0.682. The molecule has 2 rings (SSSR count). The zero-order chi connectivity index (χ0) is 9.42. The molecule has 66 valence electrons. The van der Waals surface area contributed by atoms with E-state index >= 15 is 0 Å². The highest BCUT2D eigenvalue weighted by atomic mass is 16.4. The van der Waals surface area contributed by atoms with Gasteiger partial charge in [-0.1, -0.05) is 0 Å². The van der Waals surface area contributed by atoms with E-state index in [4.69, 9.17) is 15.3 Å². The molecule has 0 radical (unpaired) electrons. The van der Waals surface area contributed by atoms with E-state index in [0.29, 0.717) is 11.0 Å². The summed E-state index contributed by atoms with van der Waals surface area (Å²) in [6, 6.07) is 1.61. The maximum absolute atomic E-state index is 10.6. The number of hydrogen-bond acceptors (Lipinski definition) is 4. The van der Waals surface area contributed by atoms with Crippen molar-refractivity contribution in [2.45, 2.75) is 0 Å². The molecule has 0 aliphatic rings. The summed E-state index contributed by atoms with van der Waals surface area (Å²) >= 11 is 0. The molecule has 0 aromatic carbocycles. The highest BCUT2D eigenvalue weighted by Gasteiger charge is 2.16. The maximum Gasteiger partial charge on any atom is 0.374 e. The topological polar surface area (TPSA) is 89.4 Å². The lowest BCUT2D eigenvalue weighted by molar-refractivity contribution is 0.0666. The summed E-state index contributed by atoms with van der Waals surface area (Å²) in [6.07, 6.45) is 2.96. The predicted octanol–water partition coefficient (Wildman–Crippen LogP) is 1.11. The van der Waals surface area contributed by atoms with Gasteiger partial charge in [-0.25, -0.2) is 4.79 Å². The van der Waals surface area contributed by atoms with Crippen LogP contribution in [0.3, 0.4) is 0 Å². The molecule has 0 unspecified atom stereocenters. The number of pyridine rings is 1. The van der Waals surface area contributed by atoms with Gasteiger partial charge < -0.3 is 15.3 Å². The Bertz CT molecular complexity index is 475. The van der Waals surface area contributed by atoms with E-state index < -0.39 is 5.97 Å². The van der Waals surface area contributed by atoms with E-state index in [-0.39, 0.29) is 11.4 Å². The Morgan fingerprint density at radius 2 is 2.38 bits per heavy atom. The fraction of sp³-hybridized carbons (Fsp3) is 0. The van der Waals surface area contributed by atoms with E-state index in [1.165, 1.54) is 12.4 Å². The van der Waals surface area contributed by atoms with Gasteiger partial charge in [0.05, 0.1) is 11.9 Å². The van der Waals surface area contributed by atoms with Crippen LogP contribution in [-0.4, -0.2) is 16.1 Å². The van der Waals surface area contributed by atoms with Crippen LogP contribution < -0.4 is 5.73 Å². The average molecular weight is 178 g/mol. The Labute approximate surface area is 72.8 Å². The monoisotopic (exact) mass is 178 g/mol. The number of nitrogens with two attached hydrogens (primary N) is 1. The van der Waals surface area contributed by atoms with Crippen LogP contribution in [0, 0.1) is 0 Å². The lowest BCUT2D eigenvalue weighted by Crippen LogP contribution is -1.98. The molecule has 0 saturated heterocycles. The number of nitrogen functional groups attached to an aromatic ring is 1. The highest BCUT2D eigenvalue weighted by molar-refractivity contribution is 6.02. The predicted molar refractivity (Wildman–Crippen MR) is 45.4 cm³/mol. The largest absolute Gasteiger partial charge is 0.475 e. The van der Waals surface area contributed by atoms with Crippen LogP contribution in [-0.2, 0) is 0 Å². The lowest BCUT2D eigenvalue weighted by Gasteiger charge is -1.87. The lowest BCUT2D eigenvalue weighted by atomic mass is 10.2. The fourth-order valence-corrected chi connectivity index (χ4v) is 1.13. The Balaban J connectivity index is 2.81. The van der Waals surface area contributed by atoms with E-state index in [0.717, 1.165) is 0 Å². The minimum atomic E-state index is -1.17. The number of hydrogen-bond donors (Lipinski definition) is 2. The van der Waals surface area contributed by atoms with Crippen LogP contribution in [0.15, 0.2) is 22.9 Å². The summed E-state index contributed by atoms with van der Waals surface area (Å²) in [5, 5.41) is 9.25. The fourth-order valence-electron chi connectivity index (χ4n) is 1.13. The Kier molecular flexibility index (Phi) is 1.45. The van der Waals surface area contributed by atoms with Crippen molar-refractivity contribution in [2.75, 3.05) is 5.73 Å². The second-order valence-corrected chi connectivity index (χ2v) is 2.52. The summed E-state index contributed by atoms with van der Waals surface area (Å²) in [6.45, 7) is 0. The second-order valence-electron chi connectivity index (χ2n) is 2.52. The first-order chi connectivity index (χ1) is 6.20. The van der Waals surface area contributed by atoms with Gasteiger partial charge in [0.2, 0.25) is 5.76 Å². The van der Waals surface area contributed by atoms with Crippen molar-refractivity contribution in [3.05, 3.63) is 24.2 Å². The third kappa shape index (κ3) is 1.01. The summed E-state index contributed by atoms with van der Waals surface area (Å²) in [4.78, 5) is 14.4. The van der Waals surface area contributed by atoms with Crippen LogP contribution in [0.2, 0.25) is 0 Å². The van der Waals surface area contributed by atoms with Crippen LogP contribution in [0.25, 0.3) is 11.0 Å². The first kappa shape index (κ1) is 7.60. The molecule has 3 N–H and O–H groups in total. The summed E-state index contributed by atoms with van der Waals surface area (Å²) in [7, 11) is 0. The van der Waals surface area contributed by atoms with Crippen LogP contribution >= 0.6 is 0 Å². The van der Waals surface area contributed by atoms with Gasteiger partial charge in [0.25, 0.3) is 0 Å². The zero-order valence-electron chi connectivity index (χ0n) is 6.52. The van der Waals surface area contributed by atoms with Gasteiger partial charge >= 0.3 is 5.97 Å². The first-order valence-corrected chi connectivity index (χ1v) is 3.55. The van der Waals surface area contributed by atoms with Gasteiger partial charge in [0.15, 0.2) is 5.58 Å². The minimum absolute atomic E-state index is 0.143. The molecule has 2 aromatic heterocycles. The molecule has 0 spiro atoms. The molecular formula is C8H6N2O3. The van der Waals surface area contributed by atoms with Crippen molar-refractivity contribution in [3.63, 3.8) is 0 Å². The molecule has 5 heteroatoms. The molecule has 2 aromatic rings. The van der Waals surface area contributed by atoms with Crippen LogP contribution in [0.1, 0.15) is 10.6 Å². The molecule has 5 nitrogen and oxygen atoms in total. The smallest absolute Gasteiger partial charge is 0.374 e. The first-order valence-electron chi connectivity index (χ1n) is 3.55. The average Bonchev–Trinajstić information content (AvgIpc) is 2.45. The minimum Gasteiger partial charge on any atom is -0.475 e. The van der Waals surface area contributed by atoms with Gasteiger partial charge in [-0.05, 0) is 6.07 Å². The van der Waals surface area contributed by atoms with Crippen molar-refractivity contribution < 1.29 is 14.3 Å². The number of furan rings is 1. The van der Waals surface area contributed by atoms with E-state index in [9.17, 15) is 4.79 Å². The highest BCUT2D eigenvalue weighted by Crippen LogP contribution is 2.26. The number of aromatic nitrogens is 1. The Hall–Kier alpha value is -2.04. The maximum atomic E-state index is 10.6. The molecule has 0 atom stereocenters. The molecule has 0 saturated carbocycles.